The first kappa shape index (κ1) is 16.6. The van der Waals surface area contributed by atoms with Crippen LogP contribution in [0, 0.1) is 5.92 Å². The second-order valence-electron chi connectivity index (χ2n) is 6.42. The zero-order valence-electron chi connectivity index (χ0n) is 13.9. The lowest BCUT2D eigenvalue weighted by atomic mass is 10.0. The number of nitrogens with one attached hydrogen (secondary N) is 1. The standard InChI is InChI=1S/C17H26N2O3/c1-12(2)9-14(11-19(3)4)18-17(20)13-5-6-15-16(10-13)22-8-7-21-15/h5-6,10,12,14H,7-9,11H2,1-4H3,(H,18,20). The van der Waals surface area contributed by atoms with Crippen LogP contribution >= 0.6 is 0 Å². The molecule has 1 aliphatic heterocycles. The number of likely N-dealkylation sites (N-methyl/N-ethyl adjacent to an activating group) is 1. The Kier molecular flexibility index (Phi) is 5.66. The second-order valence-corrected chi connectivity index (χ2v) is 6.42. The predicted molar refractivity (Wildman–Crippen MR) is 86.7 cm³/mol. The summed E-state index contributed by atoms with van der Waals surface area (Å²) in [6.07, 6.45) is 0.953. The van der Waals surface area contributed by atoms with E-state index in [1.807, 2.05) is 14.1 Å². The summed E-state index contributed by atoms with van der Waals surface area (Å²) in [6, 6.07) is 5.47. The largest absolute Gasteiger partial charge is 0.486 e. The van der Waals surface area contributed by atoms with Crippen molar-refractivity contribution in [2.45, 2.75) is 26.3 Å². The zero-order chi connectivity index (χ0) is 16.1. The Morgan fingerprint density at radius 1 is 1.23 bits per heavy atom. The van der Waals surface area contributed by atoms with Gasteiger partial charge < -0.3 is 19.7 Å². The highest BCUT2D eigenvalue weighted by Crippen LogP contribution is 2.30. The monoisotopic (exact) mass is 306 g/mol. The Hall–Kier alpha value is -1.75. The van der Waals surface area contributed by atoms with E-state index in [1.165, 1.54) is 0 Å². The third-order valence-corrected chi connectivity index (χ3v) is 3.48. The molecule has 1 aromatic carbocycles. The predicted octanol–water partition coefficient (Wildman–Crippen LogP) is 2.16. The summed E-state index contributed by atoms with van der Waals surface area (Å²) in [7, 11) is 4.03. The van der Waals surface area contributed by atoms with Gasteiger partial charge in [0.25, 0.3) is 5.91 Å². The van der Waals surface area contributed by atoms with Crippen LogP contribution in [0.3, 0.4) is 0 Å². The van der Waals surface area contributed by atoms with Crippen molar-refractivity contribution in [3.05, 3.63) is 23.8 Å². The van der Waals surface area contributed by atoms with Crippen LogP contribution in [0.5, 0.6) is 11.5 Å². The van der Waals surface area contributed by atoms with Crippen molar-refractivity contribution in [2.75, 3.05) is 33.9 Å². The lowest BCUT2D eigenvalue weighted by Gasteiger charge is -2.24. The summed E-state index contributed by atoms with van der Waals surface area (Å²) in [4.78, 5) is 14.6. The summed E-state index contributed by atoms with van der Waals surface area (Å²) in [5.74, 6) is 1.82. The Labute approximate surface area is 132 Å². The van der Waals surface area contributed by atoms with E-state index in [9.17, 15) is 4.79 Å². The summed E-state index contributed by atoms with van der Waals surface area (Å²) in [6.45, 7) is 6.23. The molecule has 22 heavy (non-hydrogen) atoms. The van der Waals surface area contributed by atoms with Gasteiger partial charge in [-0.1, -0.05) is 13.8 Å². The molecule has 0 bridgehead atoms. The minimum Gasteiger partial charge on any atom is -0.486 e. The molecule has 5 heteroatoms. The van der Waals surface area contributed by atoms with Crippen molar-refractivity contribution in [3.63, 3.8) is 0 Å². The van der Waals surface area contributed by atoms with Crippen LogP contribution in [0.15, 0.2) is 18.2 Å². The molecular formula is C17H26N2O3. The molecule has 0 aromatic heterocycles. The van der Waals surface area contributed by atoms with Crippen molar-refractivity contribution in [2.24, 2.45) is 5.92 Å². The lowest BCUT2D eigenvalue weighted by molar-refractivity contribution is 0.0923. The molecule has 1 aromatic rings. The van der Waals surface area contributed by atoms with Crippen molar-refractivity contribution in [3.8, 4) is 11.5 Å². The lowest BCUT2D eigenvalue weighted by Crippen LogP contribution is -2.42. The van der Waals surface area contributed by atoms with Gasteiger partial charge >= 0.3 is 0 Å². The van der Waals surface area contributed by atoms with E-state index in [4.69, 9.17) is 9.47 Å². The van der Waals surface area contributed by atoms with Gasteiger partial charge in [-0.3, -0.25) is 4.79 Å². The minimum absolute atomic E-state index is 0.0653. The van der Waals surface area contributed by atoms with Crippen molar-refractivity contribution < 1.29 is 14.3 Å². The average molecular weight is 306 g/mol. The van der Waals surface area contributed by atoms with E-state index in [-0.39, 0.29) is 11.9 Å². The van der Waals surface area contributed by atoms with E-state index in [0.29, 0.717) is 36.2 Å². The number of hydrogen-bond donors (Lipinski definition) is 1. The fourth-order valence-corrected chi connectivity index (χ4v) is 2.64. The summed E-state index contributed by atoms with van der Waals surface area (Å²) in [5.41, 5.74) is 0.608. The number of rotatable bonds is 6. The van der Waals surface area contributed by atoms with Crippen molar-refractivity contribution in [1.82, 2.24) is 10.2 Å². The Morgan fingerprint density at radius 3 is 2.55 bits per heavy atom. The van der Waals surface area contributed by atoms with Gasteiger partial charge in [-0.25, -0.2) is 0 Å². The molecule has 0 saturated carbocycles. The minimum atomic E-state index is -0.0653. The third-order valence-electron chi connectivity index (χ3n) is 3.48. The number of benzene rings is 1. The third kappa shape index (κ3) is 4.63. The van der Waals surface area contributed by atoms with Gasteiger partial charge in [-0.2, -0.15) is 0 Å². The molecule has 1 heterocycles. The van der Waals surface area contributed by atoms with Gasteiger partial charge in [0.2, 0.25) is 0 Å². The van der Waals surface area contributed by atoms with Crippen LogP contribution in [0.4, 0.5) is 0 Å². The maximum Gasteiger partial charge on any atom is 0.251 e. The average Bonchev–Trinajstić information content (AvgIpc) is 2.45. The molecule has 122 valence electrons. The van der Waals surface area contributed by atoms with Crippen molar-refractivity contribution >= 4 is 5.91 Å². The molecule has 5 nitrogen and oxygen atoms in total. The molecule has 0 fully saturated rings. The molecule has 0 saturated heterocycles. The smallest absolute Gasteiger partial charge is 0.251 e. The normalized spacial score (nSPS) is 15.0. The SMILES string of the molecule is CC(C)CC(CN(C)C)NC(=O)c1ccc2c(c1)OCCO2. The molecule has 1 amide bonds. The molecule has 2 rings (SSSR count). The second kappa shape index (κ2) is 7.49. The van der Waals surface area contributed by atoms with Crippen LogP contribution < -0.4 is 14.8 Å². The number of amides is 1. The van der Waals surface area contributed by atoms with E-state index in [0.717, 1.165) is 13.0 Å². The molecule has 1 unspecified atom stereocenters. The Morgan fingerprint density at radius 2 is 1.91 bits per heavy atom. The highest BCUT2D eigenvalue weighted by molar-refractivity contribution is 5.95. The maximum atomic E-state index is 12.5. The first-order valence-electron chi connectivity index (χ1n) is 7.81. The Bertz CT molecular complexity index is 505. The molecule has 1 aliphatic rings. The molecule has 0 spiro atoms. The topological polar surface area (TPSA) is 50.8 Å². The number of nitrogens with zero attached hydrogens (tertiary/aromatic N) is 1. The number of carbonyl (C=O) groups is 1. The summed E-state index contributed by atoms with van der Waals surface area (Å²) < 4.78 is 11.0. The fraction of sp³-hybridized carbons (Fsp3) is 0.588. The first-order valence-corrected chi connectivity index (χ1v) is 7.81. The van der Waals surface area contributed by atoms with Crippen LogP contribution in [-0.4, -0.2) is 50.7 Å². The summed E-state index contributed by atoms with van der Waals surface area (Å²) >= 11 is 0. The van der Waals surface area contributed by atoms with E-state index in [1.54, 1.807) is 18.2 Å². The van der Waals surface area contributed by atoms with E-state index < -0.39 is 0 Å². The molecule has 0 radical (unpaired) electrons. The van der Waals surface area contributed by atoms with Crippen LogP contribution in [0.2, 0.25) is 0 Å². The van der Waals surface area contributed by atoms with Gasteiger partial charge in [0, 0.05) is 18.2 Å². The summed E-state index contributed by atoms with van der Waals surface area (Å²) in [5, 5.41) is 3.13. The number of hydrogen-bond acceptors (Lipinski definition) is 4. The molecular weight excluding hydrogens is 280 g/mol. The van der Waals surface area contributed by atoms with Crippen molar-refractivity contribution in [1.29, 1.82) is 0 Å². The first-order chi connectivity index (χ1) is 10.5. The van der Waals surface area contributed by atoms with E-state index >= 15 is 0 Å². The maximum absolute atomic E-state index is 12.5. The quantitative estimate of drug-likeness (QED) is 0.875. The molecule has 1 atom stereocenters. The zero-order valence-corrected chi connectivity index (χ0v) is 13.9. The molecule has 1 N–H and O–H groups in total. The highest BCUT2D eigenvalue weighted by atomic mass is 16.6. The van der Waals surface area contributed by atoms with Gasteiger partial charge in [-0.05, 0) is 44.6 Å². The van der Waals surface area contributed by atoms with E-state index in [2.05, 4.69) is 24.1 Å². The van der Waals surface area contributed by atoms with Gasteiger partial charge in [0.15, 0.2) is 11.5 Å². The van der Waals surface area contributed by atoms with Gasteiger partial charge in [-0.15, -0.1) is 0 Å². The Balaban J connectivity index is 2.05. The van der Waals surface area contributed by atoms with Crippen LogP contribution in [0.25, 0.3) is 0 Å². The number of carbonyl (C=O) groups excluding carboxylic acids is 1. The molecule has 0 aliphatic carbocycles. The number of ether oxygens (including phenoxy) is 2. The number of fused-ring (bicyclic) bond motifs is 1. The van der Waals surface area contributed by atoms with Gasteiger partial charge in [0.1, 0.15) is 13.2 Å². The fourth-order valence-electron chi connectivity index (χ4n) is 2.64. The van der Waals surface area contributed by atoms with Crippen LogP contribution in [-0.2, 0) is 0 Å². The highest BCUT2D eigenvalue weighted by Gasteiger charge is 2.18. The van der Waals surface area contributed by atoms with Gasteiger partial charge in [0.05, 0.1) is 0 Å². The van der Waals surface area contributed by atoms with Crippen LogP contribution in [0.1, 0.15) is 30.6 Å².